The Morgan fingerprint density at radius 2 is 1.61 bits per heavy atom. The molecule has 0 aliphatic rings. The monoisotopic (exact) mass is 465 g/mol. The molecular weight excluding hydrogens is 421 g/mol. The minimum Gasteiger partial charge on any atom is -0.756 e. The van der Waals surface area contributed by atoms with Gasteiger partial charge in [-0.25, -0.2) is 0 Å². The van der Waals surface area contributed by atoms with Crippen LogP contribution in [-0.2, 0) is 23.1 Å². The summed E-state index contributed by atoms with van der Waals surface area (Å²) in [5.41, 5.74) is 0. The number of unbranched alkanes of at least 4 members (excludes halogenated alkanes) is 7. The second kappa shape index (κ2) is 17.8. The lowest BCUT2D eigenvalue weighted by molar-refractivity contribution is -0.870. The van der Waals surface area contributed by atoms with E-state index in [2.05, 4.69) is 17.5 Å². The zero-order valence-corrected chi connectivity index (χ0v) is 20.8. The van der Waals surface area contributed by atoms with Crippen LogP contribution in [0.2, 0.25) is 0 Å². The van der Waals surface area contributed by atoms with Crippen molar-refractivity contribution in [2.75, 3.05) is 47.5 Å². The minimum atomic E-state index is -4.49. The number of ether oxygens (including phenoxy) is 1. The molecule has 0 aliphatic carbocycles. The van der Waals surface area contributed by atoms with Gasteiger partial charge in [-0.15, -0.1) is 0 Å². The Labute approximate surface area is 188 Å². The molecule has 0 spiro atoms. The lowest BCUT2D eigenvalue weighted by Crippen LogP contribution is -2.37. The number of aliphatic hydroxyl groups excluding tert-OH is 1. The molecular formula is C22H44NO7P. The molecule has 0 heterocycles. The SMILES string of the molecule is CCCCCCCCC/C=C/CCC(=O)OCC(O)COP(=O)([O-])OCC[N+](C)(C)C. The Morgan fingerprint density at radius 3 is 2.26 bits per heavy atom. The zero-order chi connectivity index (χ0) is 23.6. The van der Waals surface area contributed by atoms with Crippen LogP contribution in [0.15, 0.2) is 12.2 Å². The maximum atomic E-state index is 11.7. The molecule has 1 N–H and O–H groups in total. The number of phosphoric ester groups is 1. The second-order valence-electron chi connectivity index (χ2n) is 8.85. The number of likely N-dealkylation sites (N-methyl/N-ethyl adjacent to an activating group) is 1. The molecule has 0 rings (SSSR count). The van der Waals surface area contributed by atoms with Gasteiger partial charge in [0.25, 0.3) is 7.82 Å². The Balaban J connectivity index is 3.73. The summed E-state index contributed by atoms with van der Waals surface area (Å²) in [6.07, 6.45) is 13.6. The van der Waals surface area contributed by atoms with Crippen molar-refractivity contribution >= 4 is 13.8 Å². The van der Waals surface area contributed by atoms with Gasteiger partial charge < -0.3 is 28.3 Å². The van der Waals surface area contributed by atoms with Crippen molar-refractivity contribution < 1.29 is 37.6 Å². The fourth-order valence-electron chi connectivity index (χ4n) is 2.61. The van der Waals surface area contributed by atoms with E-state index >= 15 is 0 Å². The Morgan fingerprint density at radius 1 is 1.00 bits per heavy atom. The van der Waals surface area contributed by atoms with Crippen LogP contribution in [-0.4, -0.2) is 69.2 Å². The molecule has 0 aromatic rings. The summed E-state index contributed by atoms with van der Waals surface area (Å²) in [5, 5.41) is 9.74. The highest BCUT2D eigenvalue weighted by molar-refractivity contribution is 7.45. The summed E-state index contributed by atoms with van der Waals surface area (Å²) in [5.74, 6) is -0.441. The predicted octanol–water partition coefficient (Wildman–Crippen LogP) is 3.58. The predicted molar refractivity (Wildman–Crippen MR) is 120 cm³/mol. The van der Waals surface area contributed by atoms with Crippen molar-refractivity contribution in [1.82, 2.24) is 0 Å². The van der Waals surface area contributed by atoms with Gasteiger partial charge in [-0.3, -0.25) is 9.36 Å². The molecule has 0 radical (unpaired) electrons. The van der Waals surface area contributed by atoms with E-state index in [9.17, 15) is 19.4 Å². The van der Waals surface area contributed by atoms with Crippen LogP contribution in [0.1, 0.15) is 71.1 Å². The molecule has 9 heteroatoms. The van der Waals surface area contributed by atoms with Crippen LogP contribution >= 0.6 is 7.82 Å². The third-order valence-electron chi connectivity index (χ3n) is 4.53. The van der Waals surface area contributed by atoms with Gasteiger partial charge in [0.15, 0.2) is 0 Å². The fourth-order valence-corrected chi connectivity index (χ4v) is 3.34. The van der Waals surface area contributed by atoms with Gasteiger partial charge in [0.05, 0.1) is 27.7 Å². The maximum Gasteiger partial charge on any atom is 0.306 e. The molecule has 184 valence electrons. The smallest absolute Gasteiger partial charge is 0.306 e. The fraction of sp³-hybridized carbons (Fsp3) is 0.864. The van der Waals surface area contributed by atoms with Crippen molar-refractivity contribution in [3.63, 3.8) is 0 Å². The summed E-state index contributed by atoms with van der Waals surface area (Å²) in [6, 6.07) is 0. The number of carbonyl (C=O) groups is 1. The number of carbonyl (C=O) groups excluding carboxylic acids is 1. The average molecular weight is 466 g/mol. The maximum absolute atomic E-state index is 11.7. The third kappa shape index (κ3) is 22.2. The van der Waals surface area contributed by atoms with E-state index < -0.39 is 26.5 Å². The van der Waals surface area contributed by atoms with Crippen molar-refractivity contribution in [2.24, 2.45) is 0 Å². The van der Waals surface area contributed by atoms with E-state index in [4.69, 9.17) is 9.26 Å². The molecule has 0 aliphatic heterocycles. The second-order valence-corrected chi connectivity index (χ2v) is 10.3. The van der Waals surface area contributed by atoms with Crippen LogP contribution in [0.25, 0.3) is 0 Å². The number of quaternary nitrogens is 1. The normalized spacial score (nSPS) is 15.2. The van der Waals surface area contributed by atoms with Gasteiger partial charge >= 0.3 is 5.97 Å². The quantitative estimate of drug-likeness (QED) is 0.0963. The highest BCUT2D eigenvalue weighted by Crippen LogP contribution is 2.38. The number of phosphoric acid groups is 1. The van der Waals surface area contributed by atoms with E-state index in [1.54, 1.807) is 0 Å². The summed E-state index contributed by atoms with van der Waals surface area (Å²) < 4.78 is 26.5. The zero-order valence-electron chi connectivity index (χ0n) is 19.9. The average Bonchev–Trinajstić information content (AvgIpc) is 2.67. The number of rotatable bonds is 20. The van der Waals surface area contributed by atoms with Crippen molar-refractivity contribution in [3.05, 3.63) is 12.2 Å². The van der Waals surface area contributed by atoms with Gasteiger partial charge in [0.1, 0.15) is 25.9 Å². The minimum absolute atomic E-state index is 0.0121. The van der Waals surface area contributed by atoms with E-state index in [0.29, 0.717) is 17.4 Å². The molecule has 0 aromatic heterocycles. The lowest BCUT2D eigenvalue weighted by atomic mass is 10.1. The Hall–Kier alpha value is -0.760. The summed E-state index contributed by atoms with van der Waals surface area (Å²) in [4.78, 5) is 23.3. The number of aliphatic hydroxyl groups is 1. The molecule has 0 saturated heterocycles. The molecule has 2 unspecified atom stereocenters. The van der Waals surface area contributed by atoms with Crippen molar-refractivity contribution in [3.8, 4) is 0 Å². The standard InChI is InChI=1S/C22H44NO7P/c1-5-6-7-8-9-10-11-12-13-14-15-16-22(25)28-19-21(24)20-30-31(26,27)29-18-17-23(2,3)4/h13-14,21,24H,5-12,15-20H2,1-4H3/b14-13+. The van der Waals surface area contributed by atoms with Crippen LogP contribution in [0.3, 0.4) is 0 Å². The molecule has 31 heavy (non-hydrogen) atoms. The molecule has 0 saturated carbocycles. The van der Waals surface area contributed by atoms with E-state index in [1.165, 1.54) is 44.9 Å². The largest absolute Gasteiger partial charge is 0.756 e. The number of hydrogen-bond acceptors (Lipinski definition) is 7. The molecule has 0 amide bonds. The summed E-state index contributed by atoms with van der Waals surface area (Å²) in [6.45, 7) is 1.86. The van der Waals surface area contributed by atoms with Crippen LogP contribution in [0.5, 0.6) is 0 Å². The lowest BCUT2D eigenvalue weighted by Gasteiger charge is -2.27. The van der Waals surface area contributed by atoms with Gasteiger partial charge in [-0.2, -0.15) is 0 Å². The van der Waals surface area contributed by atoms with Gasteiger partial charge in [0, 0.05) is 6.42 Å². The first kappa shape index (κ1) is 30.2. The first-order valence-corrected chi connectivity index (χ1v) is 12.9. The van der Waals surface area contributed by atoms with Crippen LogP contribution in [0.4, 0.5) is 0 Å². The summed E-state index contributed by atoms with van der Waals surface area (Å²) >= 11 is 0. The van der Waals surface area contributed by atoms with E-state index in [1.807, 2.05) is 27.2 Å². The third-order valence-corrected chi connectivity index (χ3v) is 5.49. The Bertz CT molecular complexity index is 534. The number of hydrogen-bond donors (Lipinski definition) is 1. The van der Waals surface area contributed by atoms with E-state index in [0.717, 1.165) is 6.42 Å². The molecule has 2 atom stereocenters. The van der Waals surface area contributed by atoms with Crippen molar-refractivity contribution in [1.29, 1.82) is 0 Å². The summed E-state index contributed by atoms with van der Waals surface area (Å²) in [7, 11) is 1.23. The first-order valence-electron chi connectivity index (χ1n) is 11.4. The number of allylic oxidation sites excluding steroid dienone is 2. The Kier molecular flexibility index (Phi) is 17.3. The van der Waals surface area contributed by atoms with Crippen molar-refractivity contribution in [2.45, 2.75) is 77.2 Å². The highest BCUT2D eigenvalue weighted by atomic mass is 31.2. The van der Waals surface area contributed by atoms with E-state index in [-0.39, 0.29) is 19.6 Å². The van der Waals surface area contributed by atoms with Crippen LogP contribution in [0, 0.1) is 0 Å². The van der Waals surface area contributed by atoms with Gasteiger partial charge in [0.2, 0.25) is 0 Å². The number of esters is 1. The molecule has 0 aromatic carbocycles. The highest BCUT2D eigenvalue weighted by Gasteiger charge is 2.16. The molecule has 0 fully saturated rings. The van der Waals surface area contributed by atoms with Crippen LogP contribution < -0.4 is 4.89 Å². The van der Waals surface area contributed by atoms with Gasteiger partial charge in [-0.05, 0) is 19.3 Å². The first-order chi connectivity index (χ1) is 14.6. The number of nitrogens with zero attached hydrogens (tertiary/aromatic N) is 1. The molecule has 8 nitrogen and oxygen atoms in total. The van der Waals surface area contributed by atoms with Gasteiger partial charge in [-0.1, -0.05) is 57.6 Å². The molecule has 0 bridgehead atoms. The topological polar surface area (TPSA) is 105 Å².